The number of pyridine rings is 1. The van der Waals surface area contributed by atoms with Gasteiger partial charge in [-0.15, -0.1) is 0 Å². The van der Waals surface area contributed by atoms with Gasteiger partial charge < -0.3 is 34.7 Å². The van der Waals surface area contributed by atoms with Crippen LogP contribution in [0.2, 0.25) is 0 Å². The molecule has 4 N–H and O–H groups in total. The zero-order chi connectivity index (χ0) is 43.6. The van der Waals surface area contributed by atoms with Gasteiger partial charge in [-0.25, -0.2) is 5.43 Å². The topological polar surface area (TPSA) is 169 Å². The number of phenols is 1. The number of esters is 1. The van der Waals surface area contributed by atoms with E-state index in [4.69, 9.17) is 9.47 Å². The highest BCUT2D eigenvalue weighted by Gasteiger charge is 2.39. The van der Waals surface area contributed by atoms with Crippen molar-refractivity contribution in [2.75, 3.05) is 47.4 Å². The highest BCUT2D eigenvalue weighted by molar-refractivity contribution is 5.95. The van der Waals surface area contributed by atoms with Gasteiger partial charge in [0, 0.05) is 67.9 Å². The number of aromatic nitrogens is 2. The van der Waals surface area contributed by atoms with Gasteiger partial charge in [0.25, 0.3) is 5.91 Å². The number of ether oxygens (including phenoxy) is 2. The largest absolute Gasteiger partial charge is 0.508 e. The molecule has 2 aromatic heterocycles. The Morgan fingerprint density at radius 3 is 2.62 bits per heavy atom. The number of nitrogens with zero attached hydrogens (tertiary/aromatic N) is 4. The van der Waals surface area contributed by atoms with Crippen molar-refractivity contribution in [3.05, 3.63) is 71.5 Å². The third kappa shape index (κ3) is 9.77. The lowest BCUT2D eigenvalue weighted by molar-refractivity contribution is -0.155. The number of hydrogen-bond donors (Lipinski definition) is 4. The van der Waals surface area contributed by atoms with Crippen molar-refractivity contribution >= 4 is 34.6 Å². The number of likely N-dealkylation sites (tertiary alicyclic amines) is 1. The third-order valence-corrected chi connectivity index (χ3v) is 12.4. The molecule has 7 rings (SSSR count). The Morgan fingerprint density at radius 2 is 1.87 bits per heavy atom. The first-order valence-electron chi connectivity index (χ1n) is 21.5. The number of piperidine rings is 1. The monoisotopic (exact) mass is 835 g/mol. The van der Waals surface area contributed by atoms with Crippen LogP contribution in [-0.4, -0.2) is 119 Å². The molecule has 3 aliphatic heterocycles. The maximum atomic E-state index is 14.6. The quantitative estimate of drug-likeness (QED) is 0.173. The molecule has 14 heteroatoms. The Bertz CT molecular complexity index is 2270. The van der Waals surface area contributed by atoms with E-state index in [0.717, 1.165) is 63.8 Å². The van der Waals surface area contributed by atoms with Gasteiger partial charge in [-0.2, -0.15) is 0 Å². The fraction of sp³-hybridized carbons (Fsp3) is 0.511. The molecule has 2 saturated heterocycles. The number of H-pyrrole nitrogens is 1. The summed E-state index contributed by atoms with van der Waals surface area (Å²) in [6.07, 6.45) is 6.82. The average molecular weight is 836 g/mol. The number of rotatable bonds is 8. The summed E-state index contributed by atoms with van der Waals surface area (Å²) in [7, 11) is 5.33. The molecule has 326 valence electrons. The van der Waals surface area contributed by atoms with Crippen molar-refractivity contribution in [3.63, 3.8) is 0 Å². The van der Waals surface area contributed by atoms with Gasteiger partial charge in [0.15, 0.2) is 0 Å². The van der Waals surface area contributed by atoms with Gasteiger partial charge in [0.1, 0.15) is 23.9 Å². The molecule has 61 heavy (non-hydrogen) atoms. The number of benzene rings is 2. The number of phenolic OH excluding ortho intramolecular Hbond substituents is 1. The fourth-order valence-electron chi connectivity index (χ4n) is 9.34. The molecule has 0 saturated carbocycles. The first kappa shape index (κ1) is 43.8. The summed E-state index contributed by atoms with van der Waals surface area (Å²) in [6, 6.07) is 10.6. The maximum absolute atomic E-state index is 14.6. The first-order chi connectivity index (χ1) is 29.1. The SMILES string of the molecule is COCc1ccncc1-c1[nH]c2ccc3cc2c1CC(C)(C)COC(=O)[C@@H]1CCCN(N1)C(=O)[C@@H](NC(=O)[C@H](C(C)C)N(C)C(=O)[C@@H]1CCCN(C)C1)Cc1cc(O)cc-3c1. The second-order valence-electron chi connectivity index (χ2n) is 18.4. The molecule has 4 aromatic rings. The number of aromatic amines is 1. The molecule has 14 nitrogen and oxygen atoms in total. The van der Waals surface area contributed by atoms with Gasteiger partial charge in [0.2, 0.25) is 11.8 Å². The minimum atomic E-state index is -1.10. The van der Waals surface area contributed by atoms with E-state index in [0.29, 0.717) is 44.5 Å². The molecule has 0 spiro atoms. The van der Waals surface area contributed by atoms with Gasteiger partial charge in [0.05, 0.1) is 24.8 Å². The van der Waals surface area contributed by atoms with Crippen LogP contribution in [0, 0.1) is 17.3 Å². The number of hydrogen-bond acceptors (Lipinski definition) is 10. The van der Waals surface area contributed by atoms with Crippen LogP contribution in [0.1, 0.15) is 70.1 Å². The number of carbonyl (C=O) groups is 4. The van der Waals surface area contributed by atoms with Gasteiger partial charge in [-0.3, -0.25) is 29.2 Å². The second kappa shape index (κ2) is 18.3. The summed E-state index contributed by atoms with van der Waals surface area (Å²) in [6.45, 7) is 10.3. The smallest absolute Gasteiger partial charge is 0.324 e. The number of cyclic esters (lactones) is 1. The normalized spacial score (nSPS) is 21.8. The van der Waals surface area contributed by atoms with E-state index in [-0.39, 0.29) is 36.5 Å². The van der Waals surface area contributed by atoms with E-state index in [1.165, 1.54) is 9.91 Å². The minimum absolute atomic E-state index is 0.0111. The number of fused-ring (bicyclic) bond motifs is 6. The van der Waals surface area contributed by atoms with E-state index in [9.17, 15) is 24.3 Å². The summed E-state index contributed by atoms with van der Waals surface area (Å²) in [5.74, 6) is -1.91. The Hall–Kier alpha value is -5.31. The summed E-state index contributed by atoms with van der Waals surface area (Å²) < 4.78 is 11.6. The van der Waals surface area contributed by atoms with Gasteiger partial charge in [-0.1, -0.05) is 39.8 Å². The lowest BCUT2D eigenvalue weighted by atomic mass is 9.84. The van der Waals surface area contributed by atoms with E-state index in [1.54, 1.807) is 32.5 Å². The summed E-state index contributed by atoms with van der Waals surface area (Å²) in [4.78, 5) is 68.4. The Labute approximate surface area is 358 Å². The second-order valence-corrected chi connectivity index (χ2v) is 18.4. The molecule has 6 bridgehead atoms. The maximum Gasteiger partial charge on any atom is 0.324 e. The van der Waals surface area contributed by atoms with Crippen molar-refractivity contribution in [2.45, 2.75) is 91.0 Å². The molecule has 3 amide bonds. The molecule has 0 aliphatic carbocycles. The Balaban J connectivity index is 1.29. The van der Waals surface area contributed by atoms with Crippen molar-refractivity contribution < 1.29 is 33.8 Å². The summed E-state index contributed by atoms with van der Waals surface area (Å²) in [5, 5.41) is 16.6. The fourth-order valence-corrected chi connectivity index (χ4v) is 9.34. The molecule has 0 radical (unpaired) electrons. The number of aromatic hydroxyl groups is 1. The zero-order valence-electron chi connectivity index (χ0n) is 36.5. The highest BCUT2D eigenvalue weighted by Crippen LogP contribution is 2.39. The molecule has 2 aromatic carbocycles. The third-order valence-electron chi connectivity index (χ3n) is 12.4. The van der Waals surface area contributed by atoms with E-state index in [2.05, 4.69) is 45.5 Å². The number of likely N-dealkylation sites (N-methyl/N-ethyl adjacent to an activating group) is 1. The minimum Gasteiger partial charge on any atom is -0.508 e. The van der Waals surface area contributed by atoms with Crippen LogP contribution in [0.15, 0.2) is 54.9 Å². The molecule has 0 unspecified atom stereocenters. The highest BCUT2D eigenvalue weighted by atomic mass is 16.5. The average Bonchev–Trinajstić information content (AvgIpc) is 3.58. The number of carbonyl (C=O) groups excluding carboxylic acids is 4. The van der Waals surface area contributed by atoms with Crippen LogP contribution < -0.4 is 10.7 Å². The van der Waals surface area contributed by atoms with E-state index < -0.39 is 41.3 Å². The van der Waals surface area contributed by atoms with Crippen LogP contribution in [-0.2, 0) is 48.1 Å². The molecule has 4 atom stereocenters. The van der Waals surface area contributed by atoms with Crippen molar-refractivity contribution in [1.29, 1.82) is 0 Å². The number of methoxy groups -OCH3 is 1. The van der Waals surface area contributed by atoms with Crippen LogP contribution in [0.25, 0.3) is 33.3 Å². The van der Waals surface area contributed by atoms with E-state index in [1.807, 2.05) is 51.4 Å². The lowest BCUT2D eigenvalue weighted by Crippen LogP contribution is -2.62. The van der Waals surface area contributed by atoms with Crippen LogP contribution in [0.5, 0.6) is 5.75 Å². The molecule has 2 fully saturated rings. The predicted octanol–water partition coefficient (Wildman–Crippen LogP) is 5.22. The van der Waals surface area contributed by atoms with Crippen LogP contribution >= 0.6 is 0 Å². The number of amides is 3. The molecular weight excluding hydrogens is 775 g/mol. The predicted molar refractivity (Wildman–Crippen MR) is 233 cm³/mol. The summed E-state index contributed by atoms with van der Waals surface area (Å²) in [5.41, 5.74) is 9.52. The van der Waals surface area contributed by atoms with Gasteiger partial charge in [-0.05, 0) is 110 Å². The Morgan fingerprint density at radius 1 is 1.08 bits per heavy atom. The molecule has 3 aliphatic rings. The Kier molecular flexibility index (Phi) is 13.2. The van der Waals surface area contributed by atoms with Crippen LogP contribution in [0.3, 0.4) is 0 Å². The summed E-state index contributed by atoms with van der Waals surface area (Å²) >= 11 is 0. The number of hydrazine groups is 1. The lowest BCUT2D eigenvalue weighted by Gasteiger charge is -2.38. The molecular formula is C47H61N7O7. The molecule has 5 heterocycles. The van der Waals surface area contributed by atoms with Gasteiger partial charge >= 0.3 is 5.97 Å². The van der Waals surface area contributed by atoms with Crippen molar-refractivity contribution in [3.8, 4) is 28.1 Å². The first-order valence-corrected chi connectivity index (χ1v) is 21.5. The van der Waals surface area contributed by atoms with Crippen LogP contribution in [0.4, 0.5) is 0 Å². The number of nitrogens with one attached hydrogen (secondary N) is 3. The van der Waals surface area contributed by atoms with E-state index >= 15 is 0 Å². The zero-order valence-corrected chi connectivity index (χ0v) is 36.5. The van der Waals surface area contributed by atoms with Crippen molar-refractivity contribution in [2.24, 2.45) is 17.3 Å². The standard InChI is InChI=1S/C47H61N7O7/c1-28(2)42(53(6)44(57)31-10-8-16-52(5)25-31)43(56)50-40-20-29-18-33(21-34(55)19-29)30-12-13-38-35(22-30)36(41(49-38)37-24-48-15-14-32(37)26-60-7)23-47(3,4)27-61-46(59)39-11-9-17-54(51-39)45(40)58/h12-15,18-19,21-22,24,28,31,39-40,42,49,51,55H,8-11,16-17,20,23,25-27H2,1-7H3,(H,50,56)/t31-,39+,40+,42+/m1/s1. The van der Waals surface area contributed by atoms with Crippen molar-refractivity contribution in [1.82, 2.24) is 35.5 Å².